The van der Waals surface area contributed by atoms with E-state index in [9.17, 15) is 0 Å². The van der Waals surface area contributed by atoms with Crippen LogP contribution in [0.15, 0.2) is 35.3 Å². The normalized spacial score (nSPS) is 18.4. The Bertz CT molecular complexity index is 431. The Morgan fingerprint density at radius 1 is 1.32 bits per heavy atom. The van der Waals surface area contributed by atoms with Gasteiger partial charge >= 0.3 is 0 Å². The van der Waals surface area contributed by atoms with E-state index in [1.807, 2.05) is 18.2 Å². The lowest BCUT2D eigenvalue weighted by molar-refractivity contribution is 0.117. The Balaban J connectivity index is 1.62. The fraction of sp³-hybridized carbons (Fsp3) is 0.588. The van der Waals surface area contributed by atoms with Gasteiger partial charge in [-0.3, -0.25) is 4.99 Å². The molecule has 5 nitrogen and oxygen atoms in total. The fourth-order valence-electron chi connectivity index (χ4n) is 2.33. The summed E-state index contributed by atoms with van der Waals surface area (Å²) in [6.45, 7) is 6.55. The van der Waals surface area contributed by atoms with Crippen molar-refractivity contribution in [3.05, 3.63) is 35.9 Å². The molecular weight excluding hydrogens is 278 g/mol. The molecule has 1 aromatic rings. The molecule has 1 heterocycles. The highest BCUT2D eigenvalue weighted by Crippen LogP contribution is 2.11. The molecular formula is C17H27N3O2. The van der Waals surface area contributed by atoms with E-state index in [1.165, 1.54) is 5.56 Å². The van der Waals surface area contributed by atoms with Gasteiger partial charge in [0, 0.05) is 19.7 Å². The summed E-state index contributed by atoms with van der Waals surface area (Å²) in [5, 5.41) is 6.53. The molecule has 2 N–H and O–H groups in total. The number of aliphatic imine (C=N–C) groups is 1. The van der Waals surface area contributed by atoms with E-state index < -0.39 is 0 Å². The lowest BCUT2D eigenvalue weighted by Crippen LogP contribution is -2.39. The third-order valence-electron chi connectivity index (χ3n) is 3.47. The van der Waals surface area contributed by atoms with Crippen molar-refractivity contribution >= 4 is 5.96 Å². The van der Waals surface area contributed by atoms with Crippen LogP contribution in [0.4, 0.5) is 0 Å². The van der Waals surface area contributed by atoms with Crippen LogP contribution < -0.4 is 10.6 Å². The third kappa shape index (κ3) is 6.45. The van der Waals surface area contributed by atoms with Gasteiger partial charge in [0.05, 0.1) is 25.9 Å². The molecule has 1 unspecified atom stereocenters. The molecule has 1 aliphatic heterocycles. The summed E-state index contributed by atoms with van der Waals surface area (Å²) in [5.74, 6) is 0.835. The maximum Gasteiger partial charge on any atom is 0.191 e. The highest BCUT2D eigenvalue weighted by molar-refractivity contribution is 5.79. The maximum absolute atomic E-state index is 5.66. The zero-order chi connectivity index (χ0) is 15.5. The molecule has 5 heteroatoms. The van der Waals surface area contributed by atoms with Crippen LogP contribution >= 0.6 is 0 Å². The van der Waals surface area contributed by atoms with Crippen molar-refractivity contribution in [3.63, 3.8) is 0 Å². The number of nitrogens with zero attached hydrogens (tertiary/aromatic N) is 1. The zero-order valence-electron chi connectivity index (χ0n) is 13.4. The van der Waals surface area contributed by atoms with E-state index >= 15 is 0 Å². The molecule has 0 radical (unpaired) electrons. The van der Waals surface area contributed by atoms with Gasteiger partial charge in [0.2, 0.25) is 0 Å². The molecule has 0 amide bonds. The molecule has 22 heavy (non-hydrogen) atoms. The van der Waals surface area contributed by atoms with Gasteiger partial charge < -0.3 is 20.1 Å². The summed E-state index contributed by atoms with van der Waals surface area (Å²) in [6.07, 6.45) is 2.55. The summed E-state index contributed by atoms with van der Waals surface area (Å²) in [7, 11) is 0. The first kappa shape index (κ1) is 16.8. The molecule has 0 aromatic heterocycles. The molecule has 0 spiro atoms. The standard InChI is InChI=1S/C17H27N3O2/c1-2-18-17(20-13-16-9-6-11-22-16)19-10-12-21-14-15-7-4-3-5-8-15/h3-5,7-8,16H,2,6,9-14H2,1H3,(H2,18,19,20). The Kier molecular flexibility index (Phi) is 7.77. The Labute approximate surface area is 133 Å². The second-order valence-electron chi connectivity index (χ2n) is 5.32. The topological polar surface area (TPSA) is 54.9 Å². The summed E-state index contributed by atoms with van der Waals surface area (Å²) in [5.41, 5.74) is 1.20. The molecule has 122 valence electrons. The van der Waals surface area contributed by atoms with Gasteiger partial charge in [-0.05, 0) is 25.3 Å². The van der Waals surface area contributed by atoms with Crippen LogP contribution in [-0.2, 0) is 16.1 Å². The average molecular weight is 305 g/mol. The molecule has 1 aliphatic rings. The largest absolute Gasteiger partial charge is 0.376 e. The average Bonchev–Trinajstić information content (AvgIpc) is 3.06. The highest BCUT2D eigenvalue weighted by atomic mass is 16.5. The van der Waals surface area contributed by atoms with Gasteiger partial charge in [-0.1, -0.05) is 30.3 Å². The maximum atomic E-state index is 5.66. The number of ether oxygens (including phenoxy) is 2. The monoisotopic (exact) mass is 305 g/mol. The van der Waals surface area contributed by atoms with Crippen LogP contribution in [0.3, 0.4) is 0 Å². The Hall–Kier alpha value is -1.59. The molecule has 0 aliphatic carbocycles. The van der Waals surface area contributed by atoms with Crippen molar-refractivity contribution in [1.29, 1.82) is 0 Å². The molecule has 1 saturated heterocycles. The van der Waals surface area contributed by atoms with Gasteiger partial charge in [0.15, 0.2) is 5.96 Å². The van der Waals surface area contributed by atoms with Crippen molar-refractivity contribution < 1.29 is 9.47 Å². The van der Waals surface area contributed by atoms with Crippen LogP contribution in [0.5, 0.6) is 0 Å². The molecule has 1 atom stereocenters. The third-order valence-corrected chi connectivity index (χ3v) is 3.47. The summed E-state index contributed by atoms with van der Waals surface area (Å²) >= 11 is 0. The quantitative estimate of drug-likeness (QED) is 0.438. The Morgan fingerprint density at radius 3 is 2.91 bits per heavy atom. The molecule has 1 fully saturated rings. The van der Waals surface area contributed by atoms with Crippen LogP contribution in [0, 0.1) is 0 Å². The van der Waals surface area contributed by atoms with E-state index in [2.05, 4.69) is 34.7 Å². The number of hydrogen-bond acceptors (Lipinski definition) is 3. The van der Waals surface area contributed by atoms with Gasteiger partial charge in [0.25, 0.3) is 0 Å². The summed E-state index contributed by atoms with van der Waals surface area (Å²) < 4.78 is 11.2. The van der Waals surface area contributed by atoms with E-state index in [0.717, 1.165) is 45.0 Å². The van der Waals surface area contributed by atoms with Crippen molar-refractivity contribution in [2.24, 2.45) is 4.99 Å². The predicted molar refractivity (Wildman–Crippen MR) is 89.1 cm³/mol. The minimum atomic E-state index is 0.282. The SMILES string of the molecule is CCNC(=NCC1CCCO1)NCCOCc1ccccc1. The van der Waals surface area contributed by atoms with E-state index in [-0.39, 0.29) is 6.10 Å². The second-order valence-corrected chi connectivity index (χ2v) is 5.32. The first-order valence-electron chi connectivity index (χ1n) is 8.14. The van der Waals surface area contributed by atoms with Crippen molar-refractivity contribution in [3.8, 4) is 0 Å². The first-order chi connectivity index (χ1) is 10.9. The summed E-state index contributed by atoms with van der Waals surface area (Å²) in [4.78, 5) is 4.57. The fourth-order valence-corrected chi connectivity index (χ4v) is 2.33. The van der Waals surface area contributed by atoms with Crippen molar-refractivity contribution in [2.45, 2.75) is 32.5 Å². The second kappa shape index (κ2) is 10.2. The predicted octanol–water partition coefficient (Wildman–Crippen LogP) is 1.94. The van der Waals surface area contributed by atoms with Crippen LogP contribution in [0.1, 0.15) is 25.3 Å². The smallest absolute Gasteiger partial charge is 0.191 e. The minimum Gasteiger partial charge on any atom is -0.376 e. The summed E-state index contributed by atoms with van der Waals surface area (Å²) in [6, 6.07) is 10.2. The van der Waals surface area contributed by atoms with Crippen LogP contribution in [0.25, 0.3) is 0 Å². The van der Waals surface area contributed by atoms with Crippen molar-refractivity contribution in [1.82, 2.24) is 10.6 Å². The molecule has 0 saturated carbocycles. The van der Waals surface area contributed by atoms with Gasteiger partial charge in [-0.15, -0.1) is 0 Å². The number of benzene rings is 1. The number of hydrogen-bond donors (Lipinski definition) is 2. The molecule has 0 bridgehead atoms. The van der Waals surface area contributed by atoms with Gasteiger partial charge in [0.1, 0.15) is 0 Å². The van der Waals surface area contributed by atoms with Gasteiger partial charge in [-0.2, -0.15) is 0 Å². The van der Waals surface area contributed by atoms with E-state index in [1.54, 1.807) is 0 Å². The first-order valence-corrected chi connectivity index (χ1v) is 8.14. The van der Waals surface area contributed by atoms with E-state index in [4.69, 9.17) is 9.47 Å². The Morgan fingerprint density at radius 2 is 2.18 bits per heavy atom. The number of rotatable bonds is 8. The van der Waals surface area contributed by atoms with Gasteiger partial charge in [-0.25, -0.2) is 0 Å². The van der Waals surface area contributed by atoms with Crippen LogP contribution in [0.2, 0.25) is 0 Å². The molecule has 2 rings (SSSR count). The van der Waals surface area contributed by atoms with E-state index in [0.29, 0.717) is 13.2 Å². The molecule has 1 aromatic carbocycles. The van der Waals surface area contributed by atoms with Crippen molar-refractivity contribution in [2.75, 3.05) is 32.8 Å². The zero-order valence-corrected chi connectivity index (χ0v) is 13.4. The van der Waals surface area contributed by atoms with Crippen LogP contribution in [-0.4, -0.2) is 44.9 Å². The number of nitrogens with one attached hydrogen (secondary N) is 2. The number of guanidine groups is 1. The lowest BCUT2D eigenvalue weighted by Gasteiger charge is -2.13. The minimum absolute atomic E-state index is 0.282. The lowest BCUT2D eigenvalue weighted by atomic mass is 10.2. The highest BCUT2D eigenvalue weighted by Gasteiger charge is 2.14.